The standard InChI is InChI=1S/C24H21BrN2O3S2/c1-4-30-23(29)20-14(2)26-24-27(21(20)16-7-11-18(31-3)12-8-16)22(28)19(32-24)13-15-5-9-17(25)10-6-15/h5-13,21H,4H2,1-3H3/b19-13+/t21-/m0/s1. The number of nitrogens with zero attached hydrogens (tertiary/aromatic N) is 2. The monoisotopic (exact) mass is 528 g/mol. The highest BCUT2D eigenvalue weighted by Gasteiger charge is 2.33. The quantitative estimate of drug-likeness (QED) is 0.366. The minimum atomic E-state index is -0.590. The van der Waals surface area contributed by atoms with E-state index in [2.05, 4.69) is 20.9 Å². The van der Waals surface area contributed by atoms with Crippen LogP contribution in [0.25, 0.3) is 6.08 Å². The molecule has 164 valence electrons. The minimum absolute atomic E-state index is 0.176. The van der Waals surface area contributed by atoms with Gasteiger partial charge in [-0.15, -0.1) is 11.8 Å². The molecule has 0 amide bonds. The van der Waals surface area contributed by atoms with Gasteiger partial charge in [0.05, 0.1) is 28.5 Å². The van der Waals surface area contributed by atoms with Crippen LogP contribution in [0.4, 0.5) is 0 Å². The summed E-state index contributed by atoms with van der Waals surface area (Å²) in [5.74, 6) is -0.449. The van der Waals surface area contributed by atoms with Gasteiger partial charge in [-0.3, -0.25) is 9.36 Å². The van der Waals surface area contributed by atoms with Gasteiger partial charge in [0.25, 0.3) is 5.56 Å². The molecule has 5 nitrogen and oxygen atoms in total. The van der Waals surface area contributed by atoms with Crippen LogP contribution in [0.3, 0.4) is 0 Å². The first-order valence-electron chi connectivity index (χ1n) is 10.0. The Bertz CT molecular complexity index is 1370. The molecule has 3 aromatic rings. The Hall–Kier alpha value is -2.42. The van der Waals surface area contributed by atoms with Crippen LogP contribution >= 0.6 is 39.0 Å². The van der Waals surface area contributed by atoms with Gasteiger partial charge in [0.2, 0.25) is 0 Å². The molecule has 2 aromatic carbocycles. The number of thioether (sulfide) groups is 1. The first-order chi connectivity index (χ1) is 15.4. The van der Waals surface area contributed by atoms with E-state index in [9.17, 15) is 9.59 Å². The lowest BCUT2D eigenvalue weighted by Gasteiger charge is -2.24. The summed E-state index contributed by atoms with van der Waals surface area (Å²) in [5, 5.41) is 0. The van der Waals surface area contributed by atoms with Gasteiger partial charge in [-0.1, -0.05) is 51.5 Å². The summed E-state index contributed by atoms with van der Waals surface area (Å²) in [6.07, 6.45) is 3.86. The Morgan fingerprint density at radius 2 is 1.91 bits per heavy atom. The highest BCUT2D eigenvalue weighted by atomic mass is 79.9. The van der Waals surface area contributed by atoms with Crippen LogP contribution in [0.5, 0.6) is 0 Å². The second-order valence-corrected chi connectivity index (χ2v) is 9.93. The second kappa shape index (κ2) is 9.60. The van der Waals surface area contributed by atoms with Crippen molar-refractivity contribution < 1.29 is 9.53 Å². The Morgan fingerprint density at radius 3 is 2.53 bits per heavy atom. The van der Waals surface area contributed by atoms with Crippen molar-refractivity contribution in [3.05, 3.63) is 95.1 Å². The molecule has 0 spiro atoms. The zero-order valence-electron chi connectivity index (χ0n) is 17.8. The number of hydrogen-bond donors (Lipinski definition) is 0. The predicted molar refractivity (Wildman–Crippen MR) is 133 cm³/mol. The number of ether oxygens (including phenoxy) is 1. The highest BCUT2D eigenvalue weighted by molar-refractivity contribution is 9.10. The topological polar surface area (TPSA) is 60.7 Å². The van der Waals surface area contributed by atoms with Crippen molar-refractivity contribution in [2.75, 3.05) is 12.9 Å². The number of esters is 1. The molecule has 0 N–H and O–H groups in total. The van der Waals surface area contributed by atoms with Crippen molar-refractivity contribution in [2.24, 2.45) is 4.99 Å². The molecule has 2 heterocycles. The number of hydrogen-bond acceptors (Lipinski definition) is 6. The number of allylic oxidation sites excluding steroid dienone is 1. The van der Waals surface area contributed by atoms with Gasteiger partial charge in [0.15, 0.2) is 4.80 Å². The Labute approximate surface area is 202 Å². The van der Waals surface area contributed by atoms with Gasteiger partial charge in [-0.2, -0.15) is 0 Å². The number of fused-ring (bicyclic) bond motifs is 1. The molecule has 0 aliphatic carbocycles. The molecule has 1 aliphatic rings. The maximum atomic E-state index is 13.5. The van der Waals surface area contributed by atoms with E-state index in [4.69, 9.17) is 4.74 Å². The second-order valence-electron chi connectivity index (χ2n) is 7.13. The molecule has 0 bridgehead atoms. The van der Waals surface area contributed by atoms with Crippen molar-refractivity contribution in [2.45, 2.75) is 24.8 Å². The zero-order valence-corrected chi connectivity index (χ0v) is 21.0. The minimum Gasteiger partial charge on any atom is -0.463 e. The molecule has 1 aromatic heterocycles. The van der Waals surface area contributed by atoms with Gasteiger partial charge < -0.3 is 4.74 Å². The average molecular weight is 529 g/mol. The van der Waals surface area contributed by atoms with E-state index < -0.39 is 12.0 Å². The summed E-state index contributed by atoms with van der Waals surface area (Å²) in [6, 6.07) is 15.1. The number of carbonyl (C=O) groups excluding carboxylic acids is 1. The molecule has 4 rings (SSSR count). The van der Waals surface area contributed by atoms with Crippen LogP contribution in [0.2, 0.25) is 0 Å². The van der Waals surface area contributed by atoms with Crippen molar-refractivity contribution in [1.29, 1.82) is 0 Å². The van der Waals surface area contributed by atoms with E-state index in [1.54, 1.807) is 30.2 Å². The van der Waals surface area contributed by atoms with Gasteiger partial charge in [-0.25, -0.2) is 9.79 Å². The largest absolute Gasteiger partial charge is 0.463 e. The fourth-order valence-electron chi connectivity index (χ4n) is 3.60. The van der Waals surface area contributed by atoms with Crippen molar-refractivity contribution in [3.8, 4) is 0 Å². The molecule has 32 heavy (non-hydrogen) atoms. The summed E-state index contributed by atoms with van der Waals surface area (Å²) >= 11 is 6.39. The maximum Gasteiger partial charge on any atom is 0.338 e. The van der Waals surface area contributed by atoms with Crippen LogP contribution in [0.15, 0.2) is 79.0 Å². The van der Waals surface area contributed by atoms with E-state index in [1.165, 1.54) is 11.3 Å². The number of aromatic nitrogens is 1. The molecular weight excluding hydrogens is 508 g/mol. The van der Waals surface area contributed by atoms with Crippen molar-refractivity contribution >= 4 is 51.1 Å². The van der Waals surface area contributed by atoms with E-state index >= 15 is 0 Å². The fraction of sp³-hybridized carbons (Fsp3) is 0.208. The van der Waals surface area contributed by atoms with Gasteiger partial charge >= 0.3 is 5.97 Å². The number of benzene rings is 2. The lowest BCUT2D eigenvalue weighted by atomic mass is 9.96. The van der Waals surface area contributed by atoms with Crippen molar-refractivity contribution in [3.63, 3.8) is 0 Å². The third-order valence-electron chi connectivity index (χ3n) is 5.12. The molecule has 0 saturated carbocycles. The van der Waals surface area contributed by atoms with E-state index in [0.717, 1.165) is 20.5 Å². The smallest absolute Gasteiger partial charge is 0.338 e. The highest BCUT2D eigenvalue weighted by Crippen LogP contribution is 2.31. The van der Waals surface area contributed by atoms with E-state index in [-0.39, 0.29) is 12.2 Å². The van der Waals surface area contributed by atoms with Crippen LogP contribution in [0, 0.1) is 0 Å². The third-order valence-corrected chi connectivity index (χ3v) is 7.37. The summed E-state index contributed by atoms with van der Waals surface area (Å²) in [7, 11) is 0. The fourth-order valence-corrected chi connectivity index (χ4v) is 5.32. The SMILES string of the molecule is CCOC(=O)C1=C(C)N=c2s/c(=C/c3ccc(Br)cc3)c(=O)n2[C@H]1c1ccc(SC)cc1. The summed E-state index contributed by atoms with van der Waals surface area (Å²) in [4.78, 5) is 32.7. The summed E-state index contributed by atoms with van der Waals surface area (Å²) in [5.41, 5.74) is 2.55. The molecule has 0 fully saturated rings. The zero-order chi connectivity index (χ0) is 22.8. The third kappa shape index (κ3) is 4.40. The van der Waals surface area contributed by atoms with Crippen LogP contribution in [0.1, 0.15) is 31.0 Å². The molecular formula is C24H21BrN2O3S2. The predicted octanol–water partition coefficient (Wildman–Crippen LogP) is 4.28. The van der Waals surface area contributed by atoms with Crippen LogP contribution in [-0.4, -0.2) is 23.4 Å². The number of rotatable bonds is 5. The average Bonchev–Trinajstić information content (AvgIpc) is 3.09. The first kappa shape index (κ1) is 22.8. The van der Waals surface area contributed by atoms with Crippen molar-refractivity contribution in [1.82, 2.24) is 4.57 Å². The Morgan fingerprint density at radius 1 is 1.22 bits per heavy atom. The molecule has 0 saturated heterocycles. The van der Waals surface area contributed by atoms with Gasteiger partial charge in [-0.05, 0) is 61.6 Å². The number of thiazole rings is 1. The Balaban J connectivity index is 1.93. The molecule has 1 atom stereocenters. The summed E-state index contributed by atoms with van der Waals surface area (Å²) < 4.78 is 8.48. The Kier molecular flexibility index (Phi) is 6.83. The molecule has 0 radical (unpaired) electrons. The van der Waals surface area contributed by atoms with Crippen LogP contribution < -0.4 is 14.9 Å². The van der Waals surface area contributed by atoms with Gasteiger partial charge in [0, 0.05) is 9.37 Å². The normalized spacial score (nSPS) is 16.0. The molecule has 0 unspecified atom stereocenters. The lowest BCUT2D eigenvalue weighted by Crippen LogP contribution is -2.39. The lowest BCUT2D eigenvalue weighted by molar-refractivity contribution is -0.139. The number of halogens is 1. The van der Waals surface area contributed by atoms with Gasteiger partial charge in [0.1, 0.15) is 0 Å². The van der Waals surface area contributed by atoms with E-state index in [1.807, 2.05) is 60.9 Å². The first-order valence-corrected chi connectivity index (χ1v) is 12.9. The number of carbonyl (C=O) groups is 1. The summed E-state index contributed by atoms with van der Waals surface area (Å²) in [6.45, 7) is 3.81. The maximum absolute atomic E-state index is 13.5. The molecule has 8 heteroatoms. The van der Waals surface area contributed by atoms with Crippen LogP contribution in [-0.2, 0) is 9.53 Å². The molecule has 1 aliphatic heterocycles. The van der Waals surface area contributed by atoms with E-state index in [0.29, 0.717) is 20.6 Å².